The van der Waals surface area contributed by atoms with Crippen molar-refractivity contribution in [1.82, 2.24) is 0 Å². The number of halogens is 6. The molecule has 2 aliphatic carbocycles. The summed E-state index contributed by atoms with van der Waals surface area (Å²) in [4.78, 5) is 0. The number of allylic oxidation sites excluding steroid dienone is 4. The molecule has 5 rings (SSSR count). The number of aryl methyl sites for hydroxylation is 1. The predicted molar refractivity (Wildman–Crippen MR) is 168 cm³/mol. The number of hydrogen-bond donors (Lipinski definition) is 0. The summed E-state index contributed by atoms with van der Waals surface area (Å²) >= 11 is 0. The third kappa shape index (κ3) is 7.31. The van der Waals surface area contributed by atoms with Crippen LogP contribution in [0.4, 0.5) is 26.3 Å². The Labute approximate surface area is 267 Å². The summed E-state index contributed by atoms with van der Waals surface area (Å²) in [7, 11) is 0. The van der Waals surface area contributed by atoms with Gasteiger partial charge in [-0.3, -0.25) is 0 Å². The van der Waals surface area contributed by atoms with Gasteiger partial charge in [-0.2, -0.15) is 8.78 Å². The molecule has 0 aromatic heterocycles. The zero-order valence-corrected chi connectivity index (χ0v) is 26.3. The summed E-state index contributed by atoms with van der Waals surface area (Å²) in [5, 5.41) is 0. The third-order valence-corrected chi connectivity index (χ3v) is 9.39. The maximum Gasteiger partial charge on any atom is 0.201 e. The normalized spacial score (nSPS) is 20.2. The van der Waals surface area contributed by atoms with Crippen LogP contribution in [0.25, 0.3) is 5.57 Å². The zero-order valence-electron chi connectivity index (χ0n) is 26.3. The Morgan fingerprint density at radius 1 is 0.696 bits per heavy atom. The molecule has 3 aromatic rings. The average molecular weight is 643 g/mol. The van der Waals surface area contributed by atoms with Gasteiger partial charge in [-0.05, 0) is 130 Å². The smallest absolute Gasteiger partial charge is 0.201 e. The lowest BCUT2D eigenvalue weighted by Crippen LogP contribution is -2.20. The number of ether oxygens (including phenoxy) is 2. The average Bonchev–Trinajstić information content (AvgIpc) is 3.07. The first-order valence-corrected chi connectivity index (χ1v) is 16.2. The van der Waals surface area contributed by atoms with Crippen LogP contribution >= 0.6 is 0 Å². The van der Waals surface area contributed by atoms with Crippen LogP contribution in [0.15, 0.2) is 54.6 Å². The molecule has 1 unspecified atom stereocenters. The molecule has 3 aromatic carbocycles. The predicted octanol–water partition coefficient (Wildman–Crippen LogP) is 11.1. The van der Waals surface area contributed by atoms with Gasteiger partial charge in [-0.25, -0.2) is 17.6 Å². The van der Waals surface area contributed by atoms with E-state index < -0.39 is 34.9 Å². The second-order valence-corrected chi connectivity index (χ2v) is 12.2. The minimum absolute atomic E-state index is 0.0844. The zero-order chi connectivity index (χ0) is 32.8. The Bertz CT molecular complexity index is 1590. The van der Waals surface area contributed by atoms with Gasteiger partial charge in [0.15, 0.2) is 34.8 Å². The van der Waals surface area contributed by atoms with Crippen LogP contribution in [0.1, 0.15) is 99.3 Å². The van der Waals surface area contributed by atoms with Crippen LogP contribution in [0.5, 0.6) is 11.5 Å². The van der Waals surface area contributed by atoms with E-state index in [0.29, 0.717) is 74.5 Å². The quantitative estimate of drug-likeness (QED) is 0.153. The number of benzene rings is 3. The molecule has 1 saturated carbocycles. The van der Waals surface area contributed by atoms with E-state index in [1.807, 2.05) is 19.1 Å². The molecule has 246 valence electrons. The Kier molecular flexibility index (Phi) is 11.2. The molecular formula is C38H40F6O2. The molecule has 1 fully saturated rings. The van der Waals surface area contributed by atoms with Crippen molar-refractivity contribution in [1.29, 1.82) is 0 Å². The van der Waals surface area contributed by atoms with E-state index in [9.17, 15) is 17.6 Å². The first-order valence-electron chi connectivity index (χ1n) is 16.2. The second kappa shape index (κ2) is 15.3. The van der Waals surface area contributed by atoms with Gasteiger partial charge < -0.3 is 9.47 Å². The fourth-order valence-electron chi connectivity index (χ4n) is 6.75. The van der Waals surface area contributed by atoms with Crippen LogP contribution in [-0.4, -0.2) is 13.2 Å². The molecule has 46 heavy (non-hydrogen) atoms. The summed E-state index contributed by atoms with van der Waals surface area (Å²) in [6, 6.07) is 9.24. The van der Waals surface area contributed by atoms with Gasteiger partial charge >= 0.3 is 0 Å². The first-order chi connectivity index (χ1) is 22.2. The highest BCUT2D eigenvalue weighted by Crippen LogP contribution is 2.41. The topological polar surface area (TPSA) is 18.5 Å². The molecule has 0 saturated heterocycles. The largest absolute Gasteiger partial charge is 0.491 e. The van der Waals surface area contributed by atoms with Gasteiger partial charge in [0.05, 0.1) is 13.2 Å². The second-order valence-electron chi connectivity index (χ2n) is 12.2. The fraction of sp³-hybridized carbons (Fsp3) is 0.421. The van der Waals surface area contributed by atoms with Crippen molar-refractivity contribution >= 4 is 5.57 Å². The molecule has 0 radical (unpaired) electrons. The Balaban J connectivity index is 1.16. The van der Waals surface area contributed by atoms with Crippen LogP contribution in [0.2, 0.25) is 0 Å². The molecule has 0 amide bonds. The molecule has 0 bridgehead atoms. The third-order valence-electron chi connectivity index (χ3n) is 9.39. The van der Waals surface area contributed by atoms with E-state index in [0.717, 1.165) is 0 Å². The van der Waals surface area contributed by atoms with Gasteiger partial charge in [0.2, 0.25) is 11.6 Å². The lowest BCUT2D eigenvalue weighted by molar-refractivity contribution is 0.191. The highest BCUT2D eigenvalue weighted by molar-refractivity contribution is 5.68. The first kappa shape index (κ1) is 33.7. The van der Waals surface area contributed by atoms with Gasteiger partial charge in [0.25, 0.3) is 0 Å². The molecule has 2 nitrogen and oxygen atoms in total. The summed E-state index contributed by atoms with van der Waals surface area (Å²) < 4.78 is 99.8. The highest BCUT2D eigenvalue weighted by Gasteiger charge is 2.29. The van der Waals surface area contributed by atoms with Gasteiger partial charge in [0, 0.05) is 5.56 Å². The SMILES string of the molecule is CC=CCCc1ccc(C2CCC(COc3ccc(C4CC=C(c5ccc(OCC)c(F)c5F)CC4)c(F)c3F)CC2)c(F)c1F. The maximum atomic E-state index is 15.2. The minimum Gasteiger partial charge on any atom is -0.491 e. The van der Waals surface area contributed by atoms with Crippen molar-refractivity contribution in [3.05, 3.63) is 112 Å². The molecule has 0 N–H and O–H groups in total. The molecule has 1 atom stereocenters. The van der Waals surface area contributed by atoms with Crippen molar-refractivity contribution in [2.45, 2.75) is 83.5 Å². The van der Waals surface area contributed by atoms with Crippen molar-refractivity contribution in [2.75, 3.05) is 13.2 Å². The van der Waals surface area contributed by atoms with E-state index in [1.54, 1.807) is 25.1 Å². The van der Waals surface area contributed by atoms with E-state index in [2.05, 4.69) is 0 Å². The lowest BCUT2D eigenvalue weighted by Gasteiger charge is -2.29. The summed E-state index contributed by atoms with van der Waals surface area (Å²) in [6.45, 7) is 3.99. The van der Waals surface area contributed by atoms with Crippen LogP contribution in [0, 0.1) is 40.8 Å². The summed E-state index contributed by atoms with van der Waals surface area (Å²) in [5.41, 5.74) is 1.77. The van der Waals surface area contributed by atoms with E-state index in [1.165, 1.54) is 24.3 Å². The molecular weight excluding hydrogens is 602 g/mol. The van der Waals surface area contributed by atoms with Gasteiger partial charge in [-0.15, -0.1) is 0 Å². The number of hydrogen-bond acceptors (Lipinski definition) is 2. The van der Waals surface area contributed by atoms with Crippen molar-refractivity contribution in [3.63, 3.8) is 0 Å². The van der Waals surface area contributed by atoms with Crippen LogP contribution in [-0.2, 0) is 6.42 Å². The lowest BCUT2D eigenvalue weighted by atomic mass is 9.78. The van der Waals surface area contributed by atoms with Gasteiger partial charge in [0.1, 0.15) is 0 Å². The van der Waals surface area contributed by atoms with Crippen molar-refractivity contribution in [3.8, 4) is 11.5 Å². The van der Waals surface area contributed by atoms with Crippen LogP contribution < -0.4 is 9.47 Å². The summed E-state index contributed by atoms with van der Waals surface area (Å²) in [5.74, 6) is -6.20. The molecule has 0 aliphatic heterocycles. The Morgan fingerprint density at radius 3 is 2.04 bits per heavy atom. The van der Waals surface area contributed by atoms with E-state index in [-0.39, 0.29) is 53.6 Å². The standard InChI is InChI=1S/C38H40F6O2/c1-3-5-6-7-27-16-17-28(34(40)33(27)39)24-10-8-23(9-11-24)22-46-32-21-19-30(36(42)38(32)44)26-14-12-25(13-15-26)29-18-20-31(45-4-2)37(43)35(29)41/h3,5,12,16-21,23-24,26H,4,6-11,13-15,22H2,1-2H3. The number of rotatable bonds is 11. The minimum atomic E-state index is -1.05. The molecule has 8 heteroatoms. The Morgan fingerprint density at radius 2 is 1.35 bits per heavy atom. The molecule has 0 heterocycles. The summed E-state index contributed by atoms with van der Waals surface area (Å²) in [6.07, 6.45) is 10.6. The van der Waals surface area contributed by atoms with Crippen molar-refractivity contribution in [2.24, 2.45) is 5.92 Å². The highest BCUT2D eigenvalue weighted by atomic mass is 19.2. The maximum absolute atomic E-state index is 15.2. The fourth-order valence-corrected chi connectivity index (χ4v) is 6.75. The van der Waals surface area contributed by atoms with Crippen molar-refractivity contribution < 1.29 is 35.8 Å². The molecule has 2 aliphatic rings. The Hall–Kier alpha value is -3.68. The monoisotopic (exact) mass is 642 g/mol. The molecule has 0 spiro atoms. The van der Waals surface area contributed by atoms with E-state index >= 15 is 8.78 Å². The van der Waals surface area contributed by atoms with Gasteiger partial charge in [-0.1, -0.05) is 36.4 Å². The van der Waals surface area contributed by atoms with E-state index in [4.69, 9.17) is 9.47 Å². The van der Waals surface area contributed by atoms with Crippen LogP contribution in [0.3, 0.4) is 0 Å².